The molecule has 0 spiro atoms. The van der Waals surface area contributed by atoms with Crippen LogP contribution in [0.2, 0.25) is 0 Å². The summed E-state index contributed by atoms with van der Waals surface area (Å²) in [5, 5.41) is 0. The third-order valence-electron chi connectivity index (χ3n) is 2.29. The van der Waals surface area contributed by atoms with Crippen molar-refractivity contribution in [1.29, 1.82) is 0 Å². The van der Waals surface area contributed by atoms with E-state index in [9.17, 15) is 9.59 Å². The van der Waals surface area contributed by atoms with Crippen LogP contribution in [0.15, 0.2) is 12.2 Å². The fourth-order valence-electron chi connectivity index (χ4n) is 1.46. The number of ether oxygens (including phenoxy) is 1. The predicted molar refractivity (Wildman–Crippen MR) is 65.8 cm³/mol. The highest BCUT2D eigenvalue weighted by atomic mass is 16.6. The summed E-state index contributed by atoms with van der Waals surface area (Å²) in [4.78, 5) is 25.0. The average Bonchev–Trinajstić information content (AvgIpc) is 2.94. The van der Waals surface area contributed by atoms with Gasteiger partial charge in [0.1, 0.15) is 5.60 Å². The van der Waals surface area contributed by atoms with E-state index in [1.165, 1.54) is 11.0 Å². The van der Waals surface area contributed by atoms with E-state index in [-0.39, 0.29) is 18.4 Å². The van der Waals surface area contributed by atoms with Crippen molar-refractivity contribution in [2.75, 3.05) is 6.54 Å². The molecule has 0 radical (unpaired) electrons. The third-order valence-corrected chi connectivity index (χ3v) is 2.29. The van der Waals surface area contributed by atoms with Crippen LogP contribution in [0.1, 0.15) is 40.5 Å². The van der Waals surface area contributed by atoms with Crippen LogP contribution in [-0.2, 0) is 9.53 Å². The second-order valence-corrected chi connectivity index (χ2v) is 5.31. The van der Waals surface area contributed by atoms with Crippen molar-refractivity contribution in [2.24, 2.45) is 0 Å². The summed E-state index contributed by atoms with van der Waals surface area (Å²) in [6.45, 7) is 7.37. The molecule has 1 rings (SSSR count). The number of amides is 1. The van der Waals surface area contributed by atoms with Gasteiger partial charge in [0.15, 0.2) is 5.78 Å². The number of hydrogen-bond donors (Lipinski definition) is 0. The van der Waals surface area contributed by atoms with Crippen molar-refractivity contribution in [3.63, 3.8) is 0 Å². The van der Waals surface area contributed by atoms with Gasteiger partial charge in [-0.25, -0.2) is 4.79 Å². The minimum Gasteiger partial charge on any atom is -0.444 e. The summed E-state index contributed by atoms with van der Waals surface area (Å²) in [5.41, 5.74) is -0.520. The van der Waals surface area contributed by atoms with Gasteiger partial charge < -0.3 is 4.74 Å². The van der Waals surface area contributed by atoms with E-state index < -0.39 is 11.7 Å². The standard InChI is InChI=1S/C13H21NO3/c1-5-6-11(15)9-14(10-7-8-10)12(16)17-13(2,3)4/h5-6,10H,7-9H2,1-4H3/b6-5+. The molecular formula is C13H21NO3. The first-order valence-corrected chi connectivity index (χ1v) is 5.98. The Morgan fingerprint density at radius 3 is 2.35 bits per heavy atom. The van der Waals surface area contributed by atoms with E-state index in [2.05, 4.69) is 0 Å². The largest absolute Gasteiger partial charge is 0.444 e. The van der Waals surface area contributed by atoms with Crippen LogP contribution in [0.25, 0.3) is 0 Å². The minimum atomic E-state index is -0.520. The molecule has 0 N–H and O–H groups in total. The van der Waals surface area contributed by atoms with Crippen molar-refractivity contribution in [1.82, 2.24) is 4.90 Å². The van der Waals surface area contributed by atoms with Crippen molar-refractivity contribution >= 4 is 11.9 Å². The highest BCUT2D eigenvalue weighted by Gasteiger charge is 2.35. The van der Waals surface area contributed by atoms with Crippen LogP contribution in [0.4, 0.5) is 4.79 Å². The van der Waals surface area contributed by atoms with Crippen LogP contribution in [0.3, 0.4) is 0 Å². The molecular weight excluding hydrogens is 218 g/mol. The molecule has 17 heavy (non-hydrogen) atoms. The lowest BCUT2D eigenvalue weighted by molar-refractivity contribution is -0.115. The van der Waals surface area contributed by atoms with E-state index in [4.69, 9.17) is 4.74 Å². The molecule has 0 bridgehead atoms. The number of carbonyl (C=O) groups excluding carboxylic acids is 2. The van der Waals surface area contributed by atoms with Crippen molar-refractivity contribution < 1.29 is 14.3 Å². The molecule has 0 aromatic heterocycles. The lowest BCUT2D eigenvalue weighted by Gasteiger charge is -2.26. The molecule has 0 heterocycles. The first kappa shape index (κ1) is 13.7. The molecule has 0 aliphatic heterocycles. The van der Waals surface area contributed by atoms with Gasteiger partial charge in [-0.15, -0.1) is 0 Å². The second kappa shape index (κ2) is 5.34. The number of hydrogen-bond acceptors (Lipinski definition) is 3. The lowest BCUT2D eigenvalue weighted by Crippen LogP contribution is -2.40. The first-order chi connectivity index (χ1) is 7.83. The SMILES string of the molecule is C/C=C/C(=O)CN(C(=O)OC(C)(C)C)C1CC1. The maximum atomic E-state index is 11.9. The monoisotopic (exact) mass is 239 g/mol. The normalized spacial score (nSPS) is 16.0. The van der Waals surface area contributed by atoms with Gasteiger partial charge in [0, 0.05) is 6.04 Å². The Hall–Kier alpha value is -1.32. The Balaban J connectivity index is 2.59. The van der Waals surface area contributed by atoms with Gasteiger partial charge in [-0.2, -0.15) is 0 Å². The minimum absolute atomic E-state index is 0.0646. The van der Waals surface area contributed by atoms with E-state index in [0.717, 1.165) is 12.8 Å². The van der Waals surface area contributed by atoms with Crippen LogP contribution in [0.5, 0.6) is 0 Å². The van der Waals surface area contributed by atoms with Crippen LogP contribution >= 0.6 is 0 Å². The number of carbonyl (C=O) groups is 2. The lowest BCUT2D eigenvalue weighted by atomic mass is 10.2. The molecule has 4 heteroatoms. The quantitative estimate of drug-likeness (QED) is 0.708. The topological polar surface area (TPSA) is 46.6 Å². The molecule has 1 aliphatic rings. The summed E-state index contributed by atoms with van der Waals surface area (Å²) in [7, 11) is 0. The molecule has 1 amide bonds. The summed E-state index contributed by atoms with van der Waals surface area (Å²) in [6.07, 6.45) is 4.70. The van der Waals surface area contributed by atoms with Crippen LogP contribution in [0, 0.1) is 0 Å². The maximum Gasteiger partial charge on any atom is 0.410 e. The fraction of sp³-hybridized carbons (Fsp3) is 0.692. The Bertz CT molecular complexity index is 324. The van der Waals surface area contributed by atoms with Crippen LogP contribution < -0.4 is 0 Å². The average molecular weight is 239 g/mol. The van der Waals surface area contributed by atoms with E-state index in [1.807, 2.05) is 20.8 Å². The third kappa shape index (κ3) is 5.02. The summed E-state index contributed by atoms with van der Waals surface area (Å²) >= 11 is 0. The maximum absolute atomic E-state index is 11.9. The Morgan fingerprint density at radius 1 is 1.35 bits per heavy atom. The molecule has 0 aromatic carbocycles. The van der Waals surface area contributed by atoms with E-state index >= 15 is 0 Å². The summed E-state index contributed by atoms with van der Waals surface area (Å²) in [5.74, 6) is -0.0646. The predicted octanol–water partition coefficient (Wildman–Crippen LogP) is 2.53. The zero-order chi connectivity index (χ0) is 13.1. The van der Waals surface area contributed by atoms with E-state index in [1.54, 1.807) is 13.0 Å². The zero-order valence-corrected chi connectivity index (χ0v) is 11.0. The summed E-state index contributed by atoms with van der Waals surface area (Å²) in [6, 6.07) is 0.180. The molecule has 0 aromatic rings. The van der Waals surface area contributed by atoms with Gasteiger partial charge in [0.05, 0.1) is 6.54 Å². The molecule has 1 saturated carbocycles. The molecule has 96 valence electrons. The first-order valence-electron chi connectivity index (χ1n) is 5.98. The molecule has 1 fully saturated rings. The highest BCUT2D eigenvalue weighted by molar-refractivity contribution is 5.93. The van der Waals surface area contributed by atoms with Gasteiger partial charge in [0.2, 0.25) is 0 Å². The second-order valence-electron chi connectivity index (χ2n) is 5.31. The molecule has 1 aliphatic carbocycles. The van der Waals surface area contributed by atoms with Crippen molar-refractivity contribution in [2.45, 2.75) is 52.2 Å². The fourth-order valence-corrected chi connectivity index (χ4v) is 1.46. The van der Waals surface area contributed by atoms with Gasteiger partial charge >= 0.3 is 6.09 Å². The summed E-state index contributed by atoms with van der Waals surface area (Å²) < 4.78 is 5.29. The Kier molecular flexibility index (Phi) is 4.32. The number of rotatable bonds is 4. The number of nitrogens with zero attached hydrogens (tertiary/aromatic N) is 1. The van der Waals surface area contributed by atoms with Gasteiger partial charge in [-0.05, 0) is 46.6 Å². The van der Waals surface area contributed by atoms with E-state index in [0.29, 0.717) is 0 Å². The van der Waals surface area contributed by atoms with Crippen LogP contribution in [-0.4, -0.2) is 35.0 Å². The van der Waals surface area contributed by atoms with Crippen molar-refractivity contribution in [3.05, 3.63) is 12.2 Å². The molecule has 4 nitrogen and oxygen atoms in total. The van der Waals surface area contributed by atoms with Crippen molar-refractivity contribution in [3.8, 4) is 0 Å². The smallest absolute Gasteiger partial charge is 0.410 e. The highest BCUT2D eigenvalue weighted by Crippen LogP contribution is 2.28. The molecule has 0 atom stereocenters. The Labute approximate surface area is 103 Å². The molecule has 0 saturated heterocycles. The molecule has 0 unspecified atom stereocenters. The van der Waals surface area contributed by atoms with Gasteiger partial charge in [-0.3, -0.25) is 9.69 Å². The van der Waals surface area contributed by atoms with Gasteiger partial charge in [0.25, 0.3) is 0 Å². The number of allylic oxidation sites excluding steroid dienone is 1. The zero-order valence-electron chi connectivity index (χ0n) is 11.0. The van der Waals surface area contributed by atoms with Gasteiger partial charge in [-0.1, -0.05) is 6.08 Å². The Morgan fingerprint density at radius 2 is 1.94 bits per heavy atom. The number of ketones is 1.